The summed E-state index contributed by atoms with van der Waals surface area (Å²) in [6.45, 7) is 3.14. The minimum Gasteiger partial charge on any atom is -0.748 e. The highest BCUT2D eigenvalue weighted by atomic mass is 32.2. The largest absolute Gasteiger partial charge is 0.748 e. The van der Waals surface area contributed by atoms with Crippen LogP contribution in [0.1, 0.15) is 13.3 Å². The number of halogens is 1. The van der Waals surface area contributed by atoms with E-state index in [1.807, 2.05) is 11.8 Å². The van der Waals surface area contributed by atoms with Gasteiger partial charge < -0.3 is 18.9 Å². The molecular weight excluding hydrogens is 367 g/mol. The van der Waals surface area contributed by atoms with Gasteiger partial charge in [-0.15, -0.1) is 0 Å². The van der Waals surface area contributed by atoms with Gasteiger partial charge in [0, 0.05) is 26.0 Å². The number of carbonyl (C=O) groups excluding carboxylic acids is 1. The van der Waals surface area contributed by atoms with Gasteiger partial charge in [0.1, 0.15) is 11.9 Å². The van der Waals surface area contributed by atoms with Gasteiger partial charge in [0.15, 0.2) is 0 Å². The first kappa shape index (κ1) is 18.9. The molecule has 1 aromatic carbocycles. The van der Waals surface area contributed by atoms with Gasteiger partial charge in [-0.05, 0) is 31.5 Å². The maximum Gasteiger partial charge on any atom is 0.414 e. The van der Waals surface area contributed by atoms with Crippen LogP contribution in [0.3, 0.4) is 0 Å². The third-order valence-electron chi connectivity index (χ3n) is 4.69. The normalized spacial score (nSPS) is 22.3. The van der Waals surface area contributed by atoms with E-state index in [0.717, 1.165) is 0 Å². The third-order valence-corrected chi connectivity index (χ3v) is 5.43. The molecular formula is C16H20FN2O6S-. The molecule has 144 valence electrons. The van der Waals surface area contributed by atoms with Crippen LogP contribution in [-0.4, -0.2) is 63.3 Å². The number of cyclic esters (lactones) is 1. The smallest absolute Gasteiger partial charge is 0.414 e. The lowest BCUT2D eigenvalue weighted by molar-refractivity contribution is -0.0170. The summed E-state index contributed by atoms with van der Waals surface area (Å²) in [7, 11) is -2.76. The molecule has 2 heterocycles. The molecule has 10 heteroatoms. The number of rotatable bonds is 6. The molecule has 0 bridgehead atoms. The molecule has 2 fully saturated rings. The predicted octanol–water partition coefficient (Wildman–Crippen LogP) is 1.31. The fourth-order valence-electron chi connectivity index (χ4n) is 3.14. The second-order valence-corrected chi connectivity index (χ2v) is 8.34. The molecule has 0 saturated carbocycles. The second-order valence-electron chi connectivity index (χ2n) is 6.81. The third kappa shape index (κ3) is 3.92. The van der Waals surface area contributed by atoms with E-state index in [4.69, 9.17) is 9.47 Å². The first-order valence-electron chi connectivity index (χ1n) is 8.12. The Morgan fingerprint density at radius 1 is 1.42 bits per heavy atom. The summed E-state index contributed by atoms with van der Waals surface area (Å²) >= 11 is 0. The highest BCUT2D eigenvalue weighted by molar-refractivity contribution is 7.85. The van der Waals surface area contributed by atoms with Gasteiger partial charge in [-0.2, -0.15) is 0 Å². The van der Waals surface area contributed by atoms with Crippen LogP contribution in [0.4, 0.5) is 20.6 Å². The zero-order valence-corrected chi connectivity index (χ0v) is 15.3. The quantitative estimate of drug-likeness (QED) is 0.679. The molecule has 0 aliphatic carbocycles. The van der Waals surface area contributed by atoms with E-state index in [1.54, 1.807) is 19.2 Å². The topological polar surface area (TPSA) is 99.2 Å². The predicted molar refractivity (Wildman–Crippen MR) is 90.8 cm³/mol. The molecule has 0 aromatic heterocycles. The summed E-state index contributed by atoms with van der Waals surface area (Å²) in [5, 5.41) is 0. The molecule has 0 radical (unpaired) electrons. The van der Waals surface area contributed by atoms with Crippen LogP contribution >= 0.6 is 0 Å². The Hall–Kier alpha value is -1.91. The SMILES string of the molecule is COC1(C)CN(c2ccc(N3C[C@@H](CCS(=O)(=O)[O-])OC3=O)cc2F)C1. The fraction of sp³-hybridized carbons (Fsp3) is 0.562. The number of benzene rings is 1. The zero-order valence-electron chi connectivity index (χ0n) is 14.5. The van der Waals surface area contributed by atoms with Gasteiger partial charge in [-0.3, -0.25) is 4.90 Å². The Labute approximate surface area is 151 Å². The minimum atomic E-state index is -4.38. The standard InChI is InChI=1S/C16H21FN2O6S/c1-16(24-2)9-18(10-16)14-4-3-11(7-13(14)17)19-8-12(25-15(19)20)5-6-26(21,22)23/h3-4,7,12H,5-6,8-10H2,1-2H3,(H,21,22,23)/p-1/t12-/m1/s1. The molecule has 2 aliphatic rings. The van der Waals surface area contributed by atoms with Crippen LogP contribution in [0, 0.1) is 5.82 Å². The zero-order chi connectivity index (χ0) is 19.1. The van der Waals surface area contributed by atoms with Crippen molar-refractivity contribution >= 4 is 27.6 Å². The molecule has 0 unspecified atom stereocenters. The molecule has 0 N–H and O–H groups in total. The summed E-state index contributed by atoms with van der Waals surface area (Å²) in [4.78, 5) is 15.0. The van der Waals surface area contributed by atoms with Gasteiger partial charge >= 0.3 is 6.09 Å². The molecule has 26 heavy (non-hydrogen) atoms. The summed E-state index contributed by atoms with van der Waals surface area (Å²) in [6.07, 6.45) is -1.49. The molecule has 3 rings (SSSR count). The number of ether oxygens (including phenoxy) is 2. The monoisotopic (exact) mass is 387 g/mol. The molecule has 0 spiro atoms. The van der Waals surface area contributed by atoms with E-state index in [1.165, 1.54) is 11.0 Å². The van der Waals surface area contributed by atoms with Crippen LogP contribution in [0.15, 0.2) is 18.2 Å². The van der Waals surface area contributed by atoms with Crippen molar-refractivity contribution in [2.75, 3.05) is 42.3 Å². The molecule has 1 aromatic rings. The van der Waals surface area contributed by atoms with Crippen LogP contribution in [0.2, 0.25) is 0 Å². The second kappa shape index (κ2) is 6.67. The van der Waals surface area contributed by atoms with E-state index in [-0.39, 0.29) is 18.6 Å². The van der Waals surface area contributed by atoms with Crippen molar-refractivity contribution < 1.29 is 31.6 Å². The number of anilines is 2. The average Bonchev–Trinajstić information content (AvgIpc) is 2.90. The lowest BCUT2D eigenvalue weighted by Crippen LogP contribution is -2.61. The number of hydrogen-bond acceptors (Lipinski definition) is 7. The number of methoxy groups -OCH3 is 1. The summed E-state index contributed by atoms with van der Waals surface area (Å²) < 4.78 is 57.0. The van der Waals surface area contributed by atoms with Crippen LogP contribution in [-0.2, 0) is 19.6 Å². The van der Waals surface area contributed by atoms with Crippen molar-refractivity contribution in [3.63, 3.8) is 0 Å². The maximum absolute atomic E-state index is 14.5. The lowest BCUT2D eigenvalue weighted by Gasteiger charge is -2.48. The Balaban J connectivity index is 1.67. The number of amides is 1. The van der Waals surface area contributed by atoms with E-state index >= 15 is 0 Å². The molecule has 2 aliphatic heterocycles. The Kier molecular flexibility index (Phi) is 4.84. The van der Waals surface area contributed by atoms with Gasteiger partial charge in [0.2, 0.25) is 0 Å². The highest BCUT2D eigenvalue weighted by Crippen LogP contribution is 2.34. The summed E-state index contributed by atoms with van der Waals surface area (Å²) in [5.74, 6) is -1.08. The fourth-order valence-corrected chi connectivity index (χ4v) is 3.69. The van der Waals surface area contributed by atoms with E-state index in [9.17, 15) is 22.2 Å². The van der Waals surface area contributed by atoms with Crippen molar-refractivity contribution in [1.29, 1.82) is 0 Å². The lowest BCUT2D eigenvalue weighted by atomic mass is 9.95. The molecule has 2 saturated heterocycles. The average molecular weight is 387 g/mol. The molecule has 1 amide bonds. The Morgan fingerprint density at radius 3 is 2.69 bits per heavy atom. The van der Waals surface area contributed by atoms with Crippen LogP contribution in [0.5, 0.6) is 0 Å². The Morgan fingerprint density at radius 2 is 2.12 bits per heavy atom. The van der Waals surface area contributed by atoms with Crippen molar-refractivity contribution in [3.05, 3.63) is 24.0 Å². The van der Waals surface area contributed by atoms with Gasteiger partial charge in [0.25, 0.3) is 0 Å². The van der Waals surface area contributed by atoms with Gasteiger partial charge in [-0.25, -0.2) is 17.6 Å². The molecule has 8 nitrogen and oxygen atoms in total. The highest BCUT2D eigenvalue weighted by Gasteiger charge is 2.40. The van der Waals surface area contributed by atoms with Crippen LogP contribution in [0.25, 0.3) is 0 Å². The van der Waals surface area contributed by atoms with Crippen molar-refractivity contribution in [2.45, 2.75) is 25.0 Å². The summed E-state index contributed by atoms with van der Waals surface area (Å²) in [6, 6.07) is 4.43. The Bertz CT molecular complexity index is 809. The van der Waals surface area contributed by atoms with E-state index in [0.29, 0.717) is 24.5 Å². The van der Waals surface area contributed by atoms with Gasteiger partial charge in [-0.1, -0.05) is 0 Å². The van der Waals surface area contributed by atoms with E-state index in [2.05, 4.69) is 0 Å². The van der Waals surface area contributed by atoms with Crippen LogP contribution < -0.4 is 9.80 Å². The minimum absolute atomic E-state index is 0.0681. The van der Waals surface area contributed by atoms with Gasteiger partial charge in [0.05, 0.1) is 33.6 Å². The first-order valence-corrected chi connectivity index (χ1v) is 9.69. The van der Waals surface area contributed by atoms with Crippen molar-refractivity contribution in [1.82, 2.24) is 0 Å². The maximum atomic E-state index is 14.5. The number of nitrogens with zero attached hydrogens (tertiary/aromatic N) is 2. The first-order chi connectivity index (χ1) is 12.1. The number of hydrogen-bond donors (Lipinski definition) is 0. The van der Waals surface area contributed by atoms with E-state index < -0.39 is 33.9 Å². The van der Waals surface area contributed by atoms with Crippen molar-refractivity contribution in [3.8, 4) is 0 Å². The molecule has 1 atom stereocenters. The van der Waals surface area contributed by atoms with Crippen molar-refractivity contribution in [2.24, 2.45) is 0 Å². The summed E-state index contributed by atoms with van der Waals surface area (Å²) in [5.41, 5.74) is 0.447. The number of carbonyl (C=O) groups is 1.